The molecule has 4 N–H and O–H groups in total. The van der Waals surface area contributed by atoms with Crippen molar-refractivity contribution >= 4 is 17.5 Å². The van der Waals surface area contributed by atoms with E-state index in [1.807, 2.05) is 6.92 Å². The summed E-state index contributed by atoms with van der Waals surface area (Å²) in [5, 5.41) is 4.88. The van der Waals surface area contributed by atoms with Gasteiger partial charge in [0.2, 0.25) is 0 Å². The molecule has 0 fully saturated rings. The summed E-state index contributed by atoms with van der Waals surface area (Å²) in [7, 11) is 0. The monoisotopic (exact) mass is 265 g/mol. The molecule has 0 spiro atoms. The van der Waals surface area contributed by atoms with E-state index in [1.165, 1.54) is 0 Å². The lowest BCUT2D eigenvalue weighted by Gasteiger charge is -2.07. The van der Waals surface area contributed by atoms with Gasteiger partial charge in [-0.3, -0.25) is 9.59 Å². The van der Waals surface area contributed by atoms with Crippen molar-refractivity contribution < 1.29 is 14.3 Å². The Hall–Kier alpha value is -2.08. The second-order valence-electron chi connectivity index (χ2n) is 3.87. The van der Waals surface area contributed by atoms with Crippen LogP contribution < -0.4 is 21.1 Å². The first-order valence-corrected chi connectivity index (χ1v) is 6.19. The van der Waals surface area contributed by atoms with Crippen molar-refractivity contribution in [3.63, 3.8) is 0 Å². The Kier molecular flexibility index (Phi) is 6.38. The Morgan fingerprint density at radius 2 is 1.89 bits per heavy atom. The molecule has 19 heavy (non-hydrogen) atoms. The van der Waals surface area contributed by atoms with Gasteiger partial charge >= 0.3 is 11.8 Å². The van der Waals surface area contributed by atoms with Gasteiger partial charge in [-0.15, -0.1) is 0 Å². The molecule has 0 atom stereocenters. The maximum atomic E-state index is 11.5. The largest absolute Gasteiger partial charge is 0.494 e. The van der Waals surface area contributed by atoms with Crippen molar-refractivity contribution in [2.24, 2.45) is 5.73 Å². The number of amides is 2. The third-order valence-corrected chi connectivity index (χ3v) is 2.22. The zero-order valence-electron chi connectivity index (χ0n) is 10.9. The minimum Gasteiger partial charge on any atom is -0.494 e. The zero-order chi connectivity index (χ0) is 14.1. The first-order valence-electron chi connectivity index (χ1n) is 6.19. The van der Waals surface area contributed by atoms with Gasteiger partial charge in [-0.1, -0.05) is 6.92 Å². The number of nitrogens with two attached hydrogens (primary N) is 1. The number of hydrogen-bond donors (Lipinski definition) is 3. The van der Waals surface area contributed by atoms with Crippen molar-refractivity contribution in [2.75, 3.05) is 25.0 Å². The molecular weight excluding hydrogens is 246 g/mol. The quantitative estimate of drug-likeness (QED) is 0.652. The van der Waals surface area contributed by atoms with Crippen LogP contribution in [0.15, 0.2) is 24.3 Å². The van der Waals surface area contributed by atoms with E-state index >= 15 is 0 Å². The minimum atomic E-state index is -0.712. The molecular formula is C13H19N3O3. The van der Waals surface area contributed by atoms with Crippen molar-refractivity contribution in [2.45, 2.75) is 13.3 Å². The normalized spacial score (nSPS) is 9.79. The minimum absolute atomic E-state index is 0.274. The molecule has 6 heteroatoms. The second-order valence-corrected chi connectivity index (χ2v) is 3.87. The Morgan fingerprint density at radius 1 is 1.21 bits per heavy atom. The molecule has 0 unspecified atom stereocenters. The number of anilines is 1. The number of rotatable bonds is 6. The van der Waals surface area contributed by atoms with Gasteiger partial charge in [0.1, 0.15) is 5.75 Å². The number of hydrogen-bond acceptors (Lipinski definition) is 4. The van der Waals surface area contributed by atoms with E-state index in [0.717, 1.165) is 12.2 Å². The molecule has 6 nitrogen and oxygen atoms in total. The average Bonchev–Trinajstić information content (AvgIpc) is 2.43. The first kappa shape index (κ1) is 15.0. The Bertz CT molecular complexity index is 418. The van der Waals surface area contributed by atoms with Crippen LogP contribution >= 0.6 is 0 Å². The molecule has 0 bridgehead atoms. The van der Waals surface area contributed by atoms with Gasteiger partial charge in [0.15, 0.2) is 0 Å². The molecule has 1 rings (SSSR count). The molecule has 0 heterocycles. The van der Waals surface area contributed by atoms with E-state index < -0.39 is 11.8 Å². The summed E-state index contributed by atoms with van der Waals surface area (Å²) in [5.41, 5.74) is 5.76. The smallest absolute Gasteiger partial charge is 0.313 e. The molecule has 1 aromatic carbocycles. The van der Waals surface area contributed by atoms with Crippen LogP contribution in [0.3, 0.4) is 0 Å². The van der Waals surface area contributed by atoms with E-state index in [2.05, 4.69) is 10.6 Å². The van der Waals surface area contributed by atoms with Crippen LogP contribution in [0.4, 0.5) is 5.69 Å². The Morgan fingerprint density at radius 3 is 2.47 bits per heavy atom. The number of ether oxygens (including phenoxy) is 1. The highest BCUT2D eigenvalue weighted by molar-refractivity contribution is 6.39. The fourth-order valence-corrected chi connectivity index (χ4v) is 1.31. The highest BCUT2D eigenvalue weighted by atomic mass is 16.5. The lowest BCUT2D eigenvalue weighted by molar-refractivity contribution is -0.136. The predicted octanol–water partition coefficient (Wildman–Crippen LogP) is 0.489. The van der Waals surface area contributed by atoms with Crippen molar-refractivity contribution in [1.82, 2.24) is 5.32 Å². The third kappa shape index (κ3) is 5.39. The van der Waals surface area contributed by atoms with Crippen molar-refractivity contribution in [3.8, 4) is 5.75 Å². The maximum absolute atomic E-state index is 11.5. The SMILES string of the molecule is CCCOc1ccc(NC(=O)C(=O)NCCN)cc1. The molecule has 0 radical (unpaired) electrons. The van der Waals surface area contributed by atoms with E-state index in [1.54, 1.807) is 24.3 Å². The lowest BCUT2D eigenvalue weighted by Crippen LogP contribution is -2.37. The summed E-state index contributed by atoms with van der Waals surface area (Å²) in [6, 6.07) is 6.84. The van der Waals surface area contributed by atoms with Crippen LogP contribution in [-0.2, 0) is 9.59 Å². The molecule has 104 valence electrons. The number of nitrogens with one attached hydrogen (secondary N) is 2. The number of carbonyl (C=O) groups is 2. The maximum Gasteiger partial charge on any atom is 0.313 e. The van der Waals surface area contributed by atoms with Crippen molar-refractivity contribution in [1.29, 1.82) is 0 Å². The molecule has 0 aliphatic carbocycles. The summed E-state index contributed by atoms with van der Waals surface area (Å²) in [6.45, 7) is 3.24. The average molecular weight is 265 g/mol. The molecule has 0 aliphatic heterocycles. The third-order valence-electron chi connectivity index (χ3n) is 2.22. The zero-order valence-corrected chi connectivity index (χ0v) is 10.9. The second kappa shape index (κ2) is 8.10. The topological polar surface area (TPSA) is 93.4 Å². The van der Waals surface area contributed by atoms with E-state index in [0.29, 0.717) is 18.8 Å². The van der Waals surface area contributed by atoms with Crippen LogP contribution in [0.2, 0.25) is 0 Å². The molecule has 2 amide bonds. The highest BCUT2D eigenvalue weighted by Crippen LogP contribution is 2.15. The fourth-order valence-electron chi connectivity index (χ4n) is 1.31. The number of carbonyl (C=O) groups excluding carboxylic acids is 2. The van der Waals surface area contributed by atoms with E-state index in [4.69, 9.17) is 10.5 Å². The number of benzene rings is 1. The van der Waals surface area contributed by atoms with Gasteiger partial charge in [-0.05, 0) is 30.7 Å². The molecule has 0 saturated carbocycles. The first-order chi connectivity index (χ1) is 9.17. The summed E-state index contributed by atoms with van der Waals surface area (Å²) < 4.78 is 5.41. The molecule has 0 saturated heterocycles. The highest BCUT2D eigenvalue weighted by Gasteiger charge is 2.12. The molecule has 0 aromatic heterocycles. The fraction of sp³-hybridized carbons (Fsp3) is 0.385. The van der Waals surface area contributed by atoms with E-state index in [9.17, 15) is 9.59 Å². The Balaban J connectivity index is 2.48. The van der Waals surface area contributed by atoms with E-state index in [-0.39, 0.29) is 6.54 Å². The van der Waals surface area contributed by atoms with Crippen LogP contribution in [0, 0.1) is 0 Å². The van der Waals surface area contributed by atoms with Gasteiger partial charge in [0, 0.05) is 18.8 Å². The molecule has 1 aromatic rings. The summed E-state index contributed by atoms with van der Waals surface area (Å²) >= 11 is 0. The van der Waals surface area contributed by atoms with Crippen LogP contribution in [-0.4, -0.2) is 31.5 Å². The van der Waals surface area contributed by atoms with Gasteiger partial charge in [0.05, 0.1) is 6.61 Å². The van der Waals surface area contributed by atoms with Gasteiger partial charge < -0.3 is 21.1 Å². The van der Waals surface area contributed by atoms with Gasteiger partial charge in [-0.25, -0.2) is 0 Å². The lowest BCUT2D eigenvalue weighted by atomic mass is 10.3. The summed E-state index contributed by atoms with van der Waals surface area (Å²) in [4.78, 5) is 22.8. The molecule has 0 aliphatic rings. The van der Waals surface area contributed by atoms with Gasteiger partial charge in [0.25, 0.3) is 0 Å². The van der Waals surface area contributed by atoms with Crippen molar-refractivity contribution in [3.05, 3.63) is 24.3 Å². The van der Waals surface area contributed by atoms with Crippen LogP contribution in [0.25, 0.3) is 0 Å². The Labute approximate surface area is 112 Å². The summed E-state index contributed by atoms with van der Waals surface area (Å²) in [5.74, 6) is -0.681. The standard InChI is InChI=1S/C13H19N3O3/c1-2-9-19-11-5-3-10(4-6-11)16-13(18)12(17)15-8-7-14/h3-6H,2,7-9,14H2,1H3,(H,15,17)(H,16,18). The predicted molar refractivity (Wildman–Crippen MR) is 72.9 cm³/mol. The summed E-state index contributed by atoms with van der Waals surface area (Å²) in [6.07, 6.45) is 0.930. The van der Waals surface area contributed by atoms with Crippen LogP contribution in [0.5, 0.6) is 5.75 Å². The van der Waals surface area contributed by atoms with Crippen LogP contribution in [0.1, 0.15) is 13.3 Å². The van der Waals surface area contributed by atoms with Gasteiger partial charge in [-0.2, -0.15) is 0 Å².